The molecule has 0 aliphatic heterocycles. The van der Waals surface area contributed by atoms with Crippen molar-refractivity contribution in [2.75, 3.05) is 17.2 Å². The highest BCUT2D eigenvalue weighted by atomic mass is 19.4. The summed E-state index contributed by atoms with van der Waals surface area (Å²) in [5, 5.41) is 13.2. The number of nitrogens with one attached hydrogen (secondary N) is 2. The van der Waals surface area contributed by atoms with Gasteiger partial charge in [0.25, 0.3) is 0 Å². The monoisotopic (exact) mass is 297 g/mol. The van der Waals surface area contributed by atoms with E-state index in [0.29, 0.717) is 5.82 Å². The first-order valence-corrected chi connectivity index (χ1v) is 6.37. The lowest BCUT2D eigenvalue weighted by molar-refractivity contribution is -0.137. The summed E-state index contributed by atoms with van der Waals surface area (Å²) in [5.41, 5.74) is -0.486. The number of alkyl halides is 3. The van der Waals surface area contributed by atoms with Gasteiger partial charge in [0, 0.05) is 12.2 Å². The second-order valence-electron chi connectivity index (χ2n) is 4.30. The van der Waals surface area contributed by atoms with Crippen LogP contribution in [0.5, 0.6) is 0 Å². The molecule has 112 valence electrons. The summed E-state index contributed by atoms with van der Waals surface area (Å²) in [5.74, 6) is 0.650. The van der Waals surface area contributed by atoms with Crippen LogP contribution < -0.4 is 10.6 Å². The van der Waals surface area contributed by atoms with Gasteiger partial charge in [-0.15, -0.1) is 5.10 Å². The molecular formula is C13H14F3N5. The Morgan fingerprint density at radius 3 is 2.76 bits per heavy atom. The summed E-state index contributed by atoms with van der Waals surface area (Å²) in [7, 11) is 0. The van der Waals surface area contributed by atoms with E-state index in [9.17, 15) is 13.2 Å². The van der Waals surface area contributed by atoms with Crippen LogP contribution in [0.25, 0.3) is 0 Å². The van der Waals surface area contributed by atoms with Crippen LogP contribution in [0, 0.1) is 0 Å². The van der Waals surface area contributed by atoms with Crippen LogP contribution in [0.15, 0.2) is 30.5 Å². The van der Waals surface area contributed by atoms with Crippen molar-refractivity contribution in [3.63, 3.8) is 0 Å². The van der Waals surface area contributed by atoms with E-state index in [4.69, 9.17) is 0 Å². The number of aromatic nitrogens is 3. The minimum atomic E-state index is -4.39. The number of nitrogens with zero attached hydrogens (tertiary/aromatic N) is 3. The Balaban J connectivity index is 2.14. The maximum absolute atomic E-state index is 12.6. The molecule has 1 aromatic heterocycles. The van der Waals surface area contributed by atoms with Crippen LogP contribution in [0.3, 0.4) is 0 Å². The molecule has 0 aliphatic rings. The van der Waals surface area contributed by atoms with Crippen LogP contribution in [-0.2, 0) is 6.18 Å². The molecular weight excluding hydrogens is 283 g/mol. The molecule has 0 atom stereocenters. The standard InChI is InChI=1S/C13H14F3N5/c1-2-6-17-11-8-18-21-12(20-11)19-10-5-3-4-9(7-10)13(14,15)16/h3-5,7-8H,2,6H2,1H3,(H2,17,19,20,21). The van der Waals surface area contributed by atoms with E-state index < -0.39 is 11.7 Å². The normalized spacial score (nSPS) is 11.2. The number of rotatable bonds is 5. The first-order chi connectivity index (χ1) is 9.99. The Hall–Kier alpha value is -2.38. The zero-order valence-electron chi connectivity index (χ0n) is 11.3. The molecule has 0 unspecified atom stereocenters. The van der Waals surface area contributed by atoms with Crippen molar-refractivity contribution in [2.45, 2.75) is 19.5 Å². The van der Waals surface area contributed by atoms with Crippen molar-refractivity contribution in [1.29, 1.82) is 0 Å². The van der Waals surface area contributed by atoms with E-state index >= 15 is 0 Å². The van der Waals surface area contributed by atoms with Gasteiger partial charge >= 0.3 is 6.18 Å². The topological polar surface area (TPSA) is 62.7 Å². The third kappa shape index (κ3) is 4.30. The summed E-state index contributed by atoms with van der Waals surface area (Å²) in [6.45, 7) is 2.73. The van der Waals surface area contributed by atoms with Crippen molar-refractivity contribution in [3.05, 3.63) is 36.0 Å². The van der Waals surface area contributed by atoms with E-state index in [0.717, 1.165) is 25.1 Å². The highest BCUT2D eigenvalue weighted by Gasteiger charge is 2.30. The van der Waals surface area contributed by atoms with Gasteiger partial charge in [-0.1, -0.05) is 13.0 Å². The fourth-order valence-electron chi connectivity index (χ4n) is 1.60. The highest BCUT2D eigenvalue weighted by molar-refractivity contribution is 5.55. The number of halogens is 3. The maximum atomic E-state index is 12.6. The van der Waals surface area contributed by atoms with Gasteiger partial charge in [-0.3, -0.25) is 0 Å². The maximum Gasteiger partial charge on any atom is 0.416 e. The van der Waals surface area contributed by atoms with Gasteiger partial charge in [-0.05, 0) is 24.6 Å². The van der Waals surface area contributed by atoms with Crippen molar-refractivity contribution >= 4 is 17.5 Å². The van der Waals surface area contributed by atoms with E-state index in [1.165, 1.54) is 18.3 Å². The lowest BCUT2D eigenvalue weighted by Crippen LogP contribution is -2.07. The zero-order chi connectivity index (χ0) is 15.3. The van der Waals surface area contributed by atoms with Crippen LogP contribution >= 0.6 is 0 Å². The molecule has 5 nitrogen and oxygen atoms in total. The summed E-state index contributed by atoms with van der Waals surface area (Å²) >= 11 is 0. The summed E-state index contributed by atoms with van der Waals surface area (Å²) < 4.78 is 37.9. The van der Waals surface area contributed by atoms with Gasteiger partial charge in [0.05, 0.1) is 11.8 Å². The van der Waals surface area contributed by atoms with Crippen LogP contribution in [-0.4, -0.2) is 21.7 Å². The highest BCUT2D eigenvalue weighted by Crippen LogP contribution is 2.31. The molecule has 0 fully saturated rings. The molecule has 21 heavy (non-hydrogen) atoms. The minimum Gasteiger partial charge on any atom is -0.369 e. The number of hydrogen-bond donors (Lipinski definition) is 2. The van der Waals surface area contributed by atoms with E-state index in [1.54, 1.807) is 0 Å². The van der Waals surface area contributed by atoms with Gasteiger partial charge in [0.2, 0.25) is 5.95 Å². The fourth-order valence-corrected chi connectivity index (χ4v) is 1.60. The molecule has 0 radical (unpaired) electrons. The molecule has 2 N–H and O–H groups in total. The van der Waals surface area contributed by atoms with Crippen LogP contribution in [0.1, 0.15) is 18.9 Å². The molecule has 0 saturated carbocycles. The molecule has 2 aromatic rings. The predicted molar refractivity (Wildman–Crippen MR) is 73.3 cm³/mol. The molecule has 0 amide bonds. The second kappa shape index (κ2) is 6.38. The van der Waals surface area contributed by atoms with Crippen LogP contribution in [0.4, 0.5) is 30.6 Å². The third-order valence-electron chi connectivity index (χ3n) is 2.56. The molecule has 1 aromatic carbocycles. The molecule has 0 aliphatic carbocycles. The summed E-state index contributed by atoms with van der Waals surface area (Å²) in [6.07, 6.45) is -2.02. The Morgan fingerprint density at radius 2 is 2.05 bits per heavy atom. The molecule has 2 rings (SSSR count). The zero-order valence-corrected chi connectivity index (χ0v) is 11.3. The van der Waals surface area contributed by atoms with Crippen molar-refractivity contribution in [2.24, 2.45) is 0 Å². The number of benzene rings is 1. The fraction of sp³-hybridized carbons (Fsp3) is 0.308. The molecule has 8 heteroatoms. The Labute approximate surface area is 119 Å². The van der Waals surface area contributed by atoms with Crippen molar-refractivity contribution in [1.82, 2.24) is 15.2 Å². The van der Waals surface area contributed by atoms with Gasteiger partial charge < -0.3 is 10.6 Å². The van der Waals surface area contributed by atoms with Crippen molar-refractivity contribution in [3.8, 4) is 0 Å². The Morgan fingerprint density at radius 1 is 1.24 bits per heavy atom. The summed E-state index contributed by atoms with van der Waals surface area (Å²) in [6, 6.07) is 4.82. The van der Waals surface area contributed by atoms with Gasteiger partial charge in [0.15, 0.2) is 5.82 Å². The van der Waals surface area contributed by atoms with Gasteiger partial charge in [-0.25, -0.2) is 0 Å². The predicted octanol–water partition coefficient (Wildman–Crippen LogP) is 3.46. The summed E-state index contributed by atoms with van der Waals surface area (Å²) in [4.78, 5) is 4.12. The Bertz CT molecular complexity index is 600. The number of hydrogen-bond acceptors (Lipinski definition) is 5. The lowest BCUT2D eigenvalue weighted by atomic mass is 10.2. The second-order valence-corrected chi connectivity index (χ2v) is 4.30. The molecule has 0 saturated heterocycles. The quantitative estimate of drug-likeness (QED) is 0.885. The van der Waals surface area contributed by atoms with E-state index in [1.807, 2.05) is 6.92 Å². The molecule has 0 bridgehead atoms. The number of anilines is 3. The lowest BCUT2D eigenvalue weighted by Gasteiger charge is -2.10. The smallest absolute Gasteiger partial charge is 0.369 e. The van der Waals surface area contributed by atoms with E-state index in [-0.39, 0.29) is 11.6 Å². The van der Waals surface area contributed by atoms with Crippen LogP contribution in [0.2, 0.25) is 0 Å². The Kier molecular flexibility index (Phi) is 4.56. The minimum absolute atomic E-state index is 0.135. The average molecular weight is 297 g/mol. The van der Waals surface area contributed by atoms with Gasteiger partial charge in [-0.2, -0.15) is 23.3 Å². The molecule has 0 spiro atoms. The average Bonchev–Trinajstić information content (AvgIpc) is 2.45. The van der Waals surface area contributed by atoms with Crippen molar-refractivity contribution < 1.29 is 13.2 Å². The molecule has 1 heterocycles. The SMILES string of the molecule is CCCNc1cnnc(Nc2cccc(C(F)(F)F)c2)n1. The largest absolute Gasteiger partial charge is 0.416 e. The van der Waals surface area contributed by atoms with E-state index in [2.05, 4.69) is 25.8 Å². The third-order valence-corrected chi connectivity index (χ3v) is 2.56. The first-order valence-electron chi connectivity index (χ1n) is 6.37. The van der Waals surface area contributed by atoms with Gasteiger partial charge in [0.1, 0.15) is 0 Å². The first kappa shape index (κ1) is 15.0.